The van der Waals surface area contributed by atoms with E-state index < -0.39 is 0 Å². The van der Waals surface area contributed by atoms with Crippen LogP contribution in [0.2, 0.25) is 0 Å². The molecule has 0 bridgehead atoms. The van der Waals surface area contributed by atoms with Gasteiger partial charge in [0, 0.05) is 64.3 Å². The molecule has 2 aliphatic rings. The van der Waals surface area contributed by atoms with E-state index in [1.54, 1.807) is 45.9 Å². The molecule has 3 aromatic heterocycles. The molecule has 0 amide bonds. The van der Waals surface area contributed by atoms with Crippen LogP contribution in [0.3, 0.4) is 0 Å². The fourth-order valence-corrected chi connectivity index (χ4v) is 4.55. The van der Waals surface area contributed by atoms with Crippen LogP contribution in [0.5, 0.6) is 5.75 Å². The van der Waals surface area contributed by atoms with Crippen LogP contribution in [-0.2, 0) is 30.7 Å². The summed E-state index contributed by atoms with van der Waals surface area (Å²) in [4.78, 5) is 30.6. The fraction of sp³-hybridized carbons (Fsp3) is 0.296. The number of methoxy groups -OCH3 is 1. The van der Waals surface area contributed by atoms with Gasteiger partial charge in [0.2, 0.25) is 0 Å². The van der Waals surface area contributed by atoms with Crippen LogP contribution in [0.4, 0.5) is 0 Å². The normalized spacial score (nSPS) is 18.7. The zero-order chi connectivity index (χ0) is 29.1. The first kappa shape index (κ1) is 34.0. The summed E-state index contributed by atoms with van der Waals surface area (Å²) >= 11 is 0. The Morgan fingerprint density at radius 3 is 1.85 bits per heavy atom. The summed E-state index contributed by atoms with van der Waals surface area (Å²) in [5.74, 6) is 0.995. The molecule has 3 heterocycles. The minimum Gasteiger partial charge on any atom is -0.497 e. The van der Waals surface area contributed by atoms with E-state index in [1.807, 2.05) is 67.5 Å². The summed E-state index contributed by atoms with van der Waals surface area (Å²) < 4.78 is 10.6. The third kappa shape index (κ3) is 8.88. The number of ketones is 2. The zero-order valence-corrected chi connectivity index (χ0v) is 27.1. The van der Waals surface area contributed by atoms with Gasteiger partial charge in [-0.1, -0.05) is 12.1 Å². The molecule has 11 nitrogen and oxygen atoms in total. The maximum atomic E-state index is 12.1. The molecule has 2 aliphatic carbocycles. The minimum absolute atomic E-state index is 0. The van der Waals surface area contributed by atoms with Gasteiger partial charge in [0.05, 0.1) is 7.11 Å². The van der Waals surface area contributed by atoms with Crippen molar-refractivity contribution in [2.75, 3.05) is 27.1 Å². The molecule has 0 spiro atoms. The molecule has 214 valence electrons. The van der Waals surface area contributed by atoms with Crippen molar-refractivity contribution in [1.82, 2.24) is 34.7 Å². The standard InChI is InChI=1S/C15H14O3.C9H9BN6.C3H9P.NO.W/c1-18-11-4-2-3-9(7-11)14-12-6-5-10(16)8-13(12)15(14)17;1-4-11-14(7-1)10(15-8-2-5-12-15)16-9-3-6-13-16;1-4(2)3;1-2;/h2-7,12-14H,8H2,1H3;1-9H;1-3H3;;/q;-1;;;/t12-,13+,14-;;;;/m1..../s1. The van der Waals surface area contributed by atoms with Crippen molar-refractivity contribution in [1.29, 1.82) is 0 Å². The maximum absolute atomic E-state index is 12.1. The van der Waals surface area contributed by atoms with Gasteiger partial charge in [-0.2, -0.15) is 0 Å². The summed E-state index contributed by atoms with van der Waals surface area (Å²) in [6.07, 6.45) is 14.7. The number of hydrogen-bond acceptors (Lipinski definition) is 7. The Kier molecular flexibility index (Phi) is 14.0. The molecule has 2 fully saturated rings. The number of carbonyl (C=O) groups is 2. The van der Waals surface area contributed by atoms with Crippen molar-refractivity contribution in [2.45, 2.75) is 12.3 Å². The number of carbonyl (C=O) groups excluding carboxylic acids is 2. The molecule has 0 aliphatic heterocycles. The van der Waals surface area contributed by atoms with Crippen LogP contribution in [0.1, 0.15) is 17.9 Å². The van der Waals surface area contributed by atoms with Crippen LogP contribution < -0.4 is 10.3 Å². The molecule has 2 saturated carbocycles. The molecular weight excluding hydrogens is 712 g/mol. The van der Waals surface area contributed by atoms with E-state index in [-0.39, 0.29) is 57.5 Å². The second kappa shape index (κ2) is 16.9. The summed E-state index contributed by atoms with van der Waals surface area (Å²) in [6, 6.07) is 13.2. The monoisotopic (exact) mass is 744 g/mol. The van der Waals surface area contributed by atoms with Gasteiger partial charge in [-0.15, -0.1) is 12.8 Å². The number of aromatic nitrogens is 6. The van der Waals surface area contributed by atoms with E-state index in [0.29, 0.717) is 14.3 Å². The first-order valence-corrected chi connectivity index (χ1v) is 15.2. The average molecular weight is 744 g/mol. The number of Topliss-reactive ketones (excluding diaryl/α,β-unsaturated/α-hetero) is 2. The number of hydrogen-bond donors (Lipinski definition) is 0. The Morgan fingerprint density at radius 1 is 0.902 bits per heavy atom. The SMILES string of the molecule is COc1cccc([C@H]2C(=O)[C@H]3CC(=O)[CH][CH][C@H]32)c1.CP(C)C.[N]=O.[W].c1cnn([B-](n2cccn2)n2cccn2)c1. The summed E-state index contributed by atoms with van der Waals surface area (Å²) in [6.45, 7) is 6.69. The number of fused-ring (bicyclic) bond motifs is 1. The molecule has 0 unspecified atom stereocenters. The van der Waals surface area contributed by atoms with Gasteiger partial charge < -0.3 is 18.5 Å². The number of rotatable bonds is 5. The van der Waals surface area contributed by atoms with Crippen LogP contribution in [0.25, 0.3) is 0 Å². The Labute approximate surface area is 256 Å². The fourth-order valence-electron chi connectivity index (χ4n) is 4.55. The molecule has 4 aromatic rings. The second-order valence-electron chi connectivity index (χ2n) is 9.52. The quantitative estimate of drug-likeness (QED) is 0.227. The predicted octanol–water partition coefficient (Wildman–Crippen LogP) is 3.09. The van der Waals surface area contributed by atoms with Crippen molar-refractivity contribution in [3.05, 3.63) is 103 Å². The van der Waals surface area contributed by atoms with Crippen molar-refractivity contribution in [2.24, 2.45) is 11.8 Å². The molecule has 14 heteroatoms. The zero-order valence-electron chi connectivity index (χ0n) is 23.3. The first-order valence-electron chi connectivity index (χ1n) is 12.5. The number of benzene rings is 1. The smallest absolute Gasteiger partial charge is 0.260 e. The van der Waals surface area contributed by atoms with Crippen molar-refractivity contribution < 1.29 is 35.4 Å². The van der Waals surface area contributed by atoms with Gasteiger partial charge in [-0.25, -0.2) is 15.3 Å². The first-order chi connectivity index (χ1) is 19.4. The summed E-state index contributed by atoms with van der Waals surface area (Å²) in [5.41, 5.74) is 6.74. The molecular formula is C27H32BN7O4PW-. The van der Waals surface area contributed by atoms with E-state index in [0.717, 1.165) is 11.3 Å². The molecule has 41 heavy (non-hydrogen) atoms. The Balaban J connectivity index is 0.000000237. The maximum Gasteiger partial charge on any atom is 0.260 e. The van der Waals surface area contributed by atoms with Gasteiger partial charge in [0.15, 0.2) is 0 Å². The largest absolute Gasteiger partial charge is 0.497 e. The van der Waals surface area contributed by atoms with E-state index in [1.165, 1.54) is 0 Å². The third-order valence-electron chi connectivity index (χ3n) is 6.18. The van der Waals surface area contributed by atoms with E-state index in [4.69, 9.17) is 15.2 Å². The van der Waals surface area contributed by atoms with Gasteiger partial charge >= 0.3 is 0 Å². The molecule has 4 radical (unpaired) electrons. The van der Waals surface area contributed by atoms with Crippen LogP contribution in [0, 0.1) is 29.6 Å². The topological polar surface area (TPSA) is 136 Å². The van der Waals surface area contributed by atoms with E-state index in [9.17, 15) is 9.59 Å². The van der Waals surface area contributed by atoms with Crippen LogP contribution in [0.15, 0.2) is 79.6 Å². The number of nitrogens with zero attached hydrogens (tertiary/aromatic N) is 7. The summed E-state index contributed by atoms with van der Waals surface area (Å²) in [5, 5.41) is 12.7. The second-order valence-corrected chi connectivity index (χ2v) is 12.2. The molecule has 3 atom stereocenters. The minimum atomic E-state index is -0.194. The average Bonchev–Trinajstić information content (AvgIpc) is 3.76. The van der Waals surface area contributed by atoms with Gasteiger partial charge in [0.25, 0.3) is 7.12 Å². The summed E-state index contributed by atoms with van der Waals surface area (Å²) in [7, 11) is 1.80. The van der Waals surface area contributed by atoms with Crippen molar-refractivity contribution >= 4 is 26.6 Å². The Bertz CT molecular complexity index is 1240. The van der Waals surface area contributed by atoms with E-state index >= 15 is 0 Å². The number of nitroso groups, excluding NO2 is 1. The van der Waals surface area contributed by atoms with Crippen LogP contribution in [-0.4, -0.2) is 74.9 Å². The molecule has 0 N–H and O–H groups in total. The van der Waals surface area contributed by atoms with Gasteiger partial charge in [0.1, 0.15) is 22.9 Å². The predicted molar refractivity (Wildman–Crippen MR) is 155 cm³/mol. The Morgan fingerprint density at radius 2 is 1.41 bits per heavy atom. The molecule has 0 saturated heterocycles. The van der Waals surface area contributed by atoms with Crippen LogP contribution >= 0.6 is 7.92 Å². The molecule has 6 rings (SSSR count). The molecule has 1 aromatic carbocycles. The number of ether oxygens (including phenoxy) is 1. The van der Waals surface area contributed by atoms with E-state index in [2.05, 4.69) is 35.3 Å². The van der Waals surface area contributed by atoms with Crippen molar-refractivity contribution in [3.63, 3.8) is 0 Å². The Hall–Kier alpha value is -3.23. The van der Waals surface area contributed by atoms with Gasteiger partial charge in [-0.3, -0.25) is 9.59 Å². The third-order valence-corrected chi connectivity index (χ3v) is 6.18. The van der Waals surface area contributed by atoms with Crippen molar-refractivity contribution in [3.8, 4) is 5.75 Å². The van der Waals surface area contributed by atoms with Gasteiger partial charge in [-0.05, 0) is 86.8 Å².